The molecule has 0 bridgehead atoms. The Morgan fingerprint density at radius 3 is 2.62 bits per heavy atom. The lowest BCUT2D eigenvalue weighted by Crippen LogP contribution is -2.13. The number of carbonyl (C=O) groups excluding carboxylic acids is 1. The second-order valence-corrected chi connectivity index (χ2v) is 5.09. The van der Waals surface area contributed by atoms with Gasteiger partial charge in [-0.3, -0.25) is 4.79 Å². The molecule has 21 heavy (non-hydrogen) atoms. The Kier molecular flexibility index (Phi) is 6.05. The van der Waals surface area contributed by atoms with Gasteiger partial charge in [-0.2, -0.15) is 18.4 Å². The van der Waals surface area contributed by atoms with Crippen molar-refractivity contribution < 1.29 is 22.7 Å². The minimum atomic E-state index is -4.46. The molecule has 0 heterocycles. The van der Waals surface area contributed by atoms with Crippen molar-refractivity contribution in [2.75, 3.05) is 6.61 Å². The molecule has 1 aromatic carbocycles. The van der Waals surface area contributed by atoms with Gasteiger partial charge in [0.25, 0.3) is 0 Å². The van der Waals surface area contributed by atoms with Crippen molar-refractivity contribution in [1.29, 1.82) is 5.26 Å². The van der Waals surface area contributed by atoms with Crippen LogP contribution < -0.4 is 5.73 Å². The average Bonchev–Trinajstić information content (AvgIpc) is 2.38. The summed E-state index contributed by atoms with van der Waals surface area (Å²) in [6, 6.07) is 4.15. The first kappa shape index (κ1) is 17.3. The molecule has 0 aliphatic carbocycles. The molecule has 1 rings (SSSR count). The molecule has 8 heteroatoms. The number of nitrogens with two attached hydrogens (primary N) is 1. The highest BCUT2D eigenvalue weighted by Crippen LogP contribution is 2.38. The van der Waals surface area contributed by atoms with Gasteiger partial charge in [0, 0.05) is 11.4 Å². The van der Waals surface area contributed by atoms with Gasteiger partial charge in [-0.1, -0.05) is 0 Å². The number of nitrogens with zero attached hydrogens (tertiary/aromatic N) is 1. The van der Waals surface area contributed by atoms with Crippen LogP contribution in [-0.4, -0.2) is 18.1 Å². The summed E-state index contributed by atoms with van der Waals surface area (Å²) in [5.41, 5.74) is 1.68. The average molecular weight is 318 g/mol. The Morgan fingerprint density at radius 2 is 2.14 bits per heavy atom. The number of esters is 1. The maximum atomic E-state index is 12.4. The lowest BCUT2D eigenvalue weighted by molar-refractivity contribution is -0.142. The number of ether oxygens (including phenoxy) is 1. The monoisotopic (exact) mass is 318 g/mol. The molecule has 0 saturated heterocycles. The van der Waals surface area contributed by atoms with E-state index in [1.165, 1.54) is 6.07 Å². The molecular formula is C13H13F3N2O2S. The van der Waals surface area contributed by atoms with Crippen molar-refractivity contribution in [3.63, 3.8) is 0 Å². The van der Waals surface area contributed by atoms with Crippen LogP contribution >= 0.6 is 11.8 Å². The number of nitriles is 1. The Balaban J connectivity index is 3.19. The first-order chi connectivity index (χ1) is 9.80. The minimum Gasteiger partial charge on any atom is -0.466 e. The van der Waals surface area contributed by atoms with Gasteiger partial charge in [0.15, 0.2) is 0 Å². The van der Waals surface area contributed by atoms with Gasteiger partial charge in [-0.25, -0.2) is 0 Å². The van der Waals surface area contributed by atoms with Crippen molar-refractivity contribution in [1.82, 2.24) is 0 Å². The zero-order chi connectivity index (χ0) is 16.0. The number of benzene rings is 1. The van der Waals surface area contributed by atoms with E-state index in [-0.39, 0.29) is 41.8 Å². The lowest BCUT2D eigenvalue weighted by atomic mass is 9.99. The van der Waals surface area contributed by atoms with Gasteiger partial charge in [-0.15, -0.1) is 0 Å². The number of rotatable bonds is 5. The highest BCUT2D eigenvalue weighted by Gasteiger charge is 2.30. The first-order valence-corrected chi connectivity index (χ1v) is 6.79. The van der Waals surface area contributed by atoms with Gasteiger partial charge in [0.05, 0.1) is 24.7 Å². The van der Waals surface area contributed by atoms with Crippen LogP contribution in [-0.2, 0) is 22.5 Å². The fraction of sp³-hybridized carbons (Fsp3) is 0.385. The van der Waals surface area contributed by atoms with E-state index in [2.05, 4.69) is 0 Å². The predicted molar refractivity (Wildman–Crippen MR) is 71.3 cm³/mol. The molecule has 0 aromatic heterocycles. The van der Waals surface area contributed by atoms with Crippen LogP contribution in [0.3, 0.4) is 0 Å². The van der Waals surface area contributed by atoms with Crippen molar-refractivity contribution in [2.24, 2.45) is 5.73 Å². The van der Waals surface area contributed by atoms with Gasteiger partial charge >= 0.3 is 11.5 Å². The third-order valence-electron chi connectivity index (χ3n) is 2.52. The third-order valence-corrected chi connectivity index (χ3v) is 3.22. The highest BCUT2D eigenvalue weighted by atomic mass is 32.2. The lowest BCUT2D eigenvalue weighted by Gasteiger charge is -2.13. The molecule has 0 aliphatic rings. The van der Waals surface area contributed by atoms with E-state index in [0.29, 0.717) is 11.1 Å². The molecule has 0 atom stereocenters. The van der Waals surface area contributed by atoms with Crippen LogP contribution in [0.4, 0.5) is 13.2 Å². The molecule has 0 saturated carbocycles. The molecule has 0 amide bonds. The molecule has 4 nitrogen and oxygen atoms in total. The summed E-state index contributed by atoms with van der Waals surface area (Å²) in [7, 11) is 0. The summed E-state index contributed by atoms with van der Waals surface area (Å²) in [5.74, 6) is -0.556. The minimum absolute atomic E-state index is 0.00208. The number of thioether (sulfide) groups is 1. The number of halogens is 3. The van der Waals surface area contributed by atoms with E-state index >= 15 is 0 Å². The van der Waals surface area contributed by atoms with Crippen molar-refractivity contribution >= 4 is 17.7 Å². The third kappa shape index (κ3) is 5.28. The SMILES string of the molecule is CCOC(=O)Cc1c(C#N)cc(SC(F)(F)F)cc1CN. The summed E-state index contributed by atoms with van der Waals surface area (Å²) in [6.07, 6.45) is -0.194. The van der Waals surface area contributed by atoms with E-state index in [0.717, 1.165) is 6.07 Å². The van der Waals surface area contributed by atoms with E-state index < -0.39 is 11.5 Å². The van der Waals surface area contributed by atoms with Crippen molar-refractivity contribution in [3.8, 4) is 6.07 Å². The van der Waals surface area contributed by atoms with E-state index in [1.54, 1.807) is 13.0 Å². The topological polar surface area (TPSA) is 76.1 Å². The van der Waals surface area contributed by atoms with E-state index in [1.807, 2.05) is 0 Å². The van der Waals surface area contributed by atoms with Crippen LogP contribution in [0.1, 0.15) is 23.6 Å². The molecule has 114 valence electrons. The maximum absolute atomic E-state index is 12.4. The molecular weight excluding hydrogens is 305 g/mol. The smallest absolute Gasteiger partial charge is 0.446 e. The van der Waals surface area contributed by atoms with E-state index in [4.69, 9.17) is 15.7 Å². The molecule has 0 spiro atoms. The Bertz CT molecular complexity index is 568. The molecule has 2 N–H and O–H groups in total. The van der Waals surface area contributed by atoms with Crippen molar-refractivity contribution in [2.45, 2.75) is 30.3 Å². The molecule has 1 aromatic rings. The number of carbonyl (C=O) groups is 1. The summed E-state index contributed by atoms with van der Waals surface area (Å²) in [4.78, 5) is 11.4. The number of hydrogen-bond acceptors (Lipinski definition) is 5. The van der Waals surface area contributed by atoms with Gasteiger partial charge < -0.3 is 10.5 Å². The normalized spacial score (nSPS) is 11.0. The molecule has 0 radical (unpaired) electrons. The highest BCUT2D eigenvalue weighted by molar-refractivity contribution is 8.00. The van der Waals surface area contributed by atoms with Crippen LogP contribution in [0.5, 0.6) is 0 Å². The molecule has 0 aliphatic heterocycles. The van der Waals surface area contributed by atoms with Crippen molar-refractivity contribution in [3.05, 3.63) is 28.8 Å². The molecule has 0 unspecified atom stereocenters. The van der Waals surface area contributed by atoms with Crippen LogP contribution in [0, 0.1) is 11.3 Å². The Morgan fingerprint density at radius 1 is 1.48 bits per heavy atom. The van der Waals surface area contributed by atoms with Crippen LogP contribution in [0.15, 0.2) is 17.0 Å². The zero-order valence-corrected chi connectivity index (χ0v) is 12.0. The predicted octanol–water partition coefficient (Wildman–Crippen LogP) is 2.73. The summed E-state index contributed by atoms with van der Waals surface area (Å²) < 4.78 is 42.0. The summed E-state index contributed by atoms with van der Waals surface area (Å²) in [5, 5.41) is 9.07. The summed E-state index contributed by atoms with van der Waals surface area (Å²) >= 11 is -0.325. The van der Waals surface area contributed by atoms with Gasteiger partial charge in [0.2, 0.25) is 0 Å². The number of hydrogen-bond donors (Lipinski definition) is 1. The first-order valence-electron chi connectivity index (χ1n) is 5.98. The van der Waals surface area contributed by atoms with E-state index in [9.17, 15) is 18.0 Å². The fourth-order valence-electron chi connectivity index (χ4n) is 1.74. The second kappa shape index (κ2) is 7.33. The fourth-order valence-corrected chi connectivity index (χ4v) is 2.39. The second-order valence-electron chi connectivity index (χ2n) is 3.95. The Labute approximate surface area is 124 Å². The quantitative estimate of drug-likeness (QED) is 0.667. The van der Waals surface area contributed by atoms with Crippen LogP contribution in [0.25, 0.3) is 0 Å². The number of alkyl halides is 3. The van der Waals surface area contributed by atoms with Crippen LogP contribution in [0.2, 0.25) is 0 Å². The summed E-state index contributed by atoms with van der Waals surface area (Å²) in [6.45, 7) is 1.74. The molecule has 0 fully saturated rings. The standard InChI is InChI=1S/C13H13F3N2O2S/c1-2-20-12(19)5-11-8(6-17)3-10(4-9(11)7-18)21-13(14,15)16/h3-4H,2,5-6,17H2,1H3. The maximum Gasteiger partial charge on any atom is 0.446 e. The zero-order valence-electron chi connectivity index (χ0n) is 11.2. The van der Waals surface area contributed by atoms with Gasteiger partial charge in [-0.05, 0) is 41.9 Å². The Hall–Kier alpha value is -1.72. The largest absolute Gasteiger partial charge is 0.466 e. The van der Waals surface area contributed by atoms with Gasteiger partial charge in [0.1, 0.15) is 0 Å².